The van der Waals surface area contributed by atoms with Crippen LogP contribution in [0, 0.1) is 0 Å². The van der Waals surface area contributed by atoms with Crippen LogP contribution < -0.4 is 10.1 Å². The predicted molar refractivity (Wildman–Crippen MR) is 104 cm³/mol. The maximum absolute atomic E-state index is 12.3. The Hall–Kier alpha value is -3.55. The van der Waals surface area contributed by atoms with Crippen LogP contribution in [0.3, 0.4) is 0 Å². The molecule has 29 heavy (non-hydrogen) atoms. The van der Waals surface area contributed by atoms with Crippen LogP contribution >= 0.6 is 0 Å². The van der Waals surface area contributed by atoms with E-state index in [1.165, 1.54) is 0 Å². The van der Waals surface area contributed by atoms with Gasteiger partial charge >= 0.3 is 12.1 Å². The molecule has 1 atom stereocenters. The molecule has 0 radical (unpaired) electrons. The van der Waals surface area contributed by atoms with Gasteiger partial charge in [0.1, 0.15) is 18.4 Å². The topological polar surface area (TPSA) is 94.2 Å². The first-order valence-corrected chi connectivity index (χ1v) is 9.23. The quantitative estimate of drug-likeness (QED) is 0.721. The van der Waals surface area contributed by atoms with Crippen molar-refractivity contribution in [3.05, 3.63) is 60.2 Å². The summed E-state index contributed by atoms with van der Waals surface area (Å²) < 4.78 is 15.5. The van der Waals surface area contributed by atoms with Crippen LogP contribution in [0.4, 0.5) is 10.5 Å². The molecule has 152 valence electrons. The van der Waals surface area contributed by atoms with E-state index >= 15 is 0 Å². The SMILES string of the molecule is CCOc1ccc(NC(=O)C[C@H]2C(=O)OCN2C(=O)OCc2ccccc2)cc1. The molecule has 0 aliphatic carbocycles. The highest BCUT2D eigenvalue weighted by molar-refractivity contribution is 5.96. The molecule has 1 N–H and O–H groups in total. The zero-order valence-corrected chi connectivity index (χ0v) is 16.0. The van der Waals surface area contributed by atoms with Crippen LogP contribution in [-0.4, -0.2) is 42.2 Å². The van der Waals surface area contributed by atoms with Gasteiger partial charge in [0.2, 0.25) is 5.91 Å². The Morgan fingerprint density at radius 1 is 1.14 bits per heavy atom. The van der Waals surface area contributed by atoms with Gasteiger partial charge in [-0.1, -0.05) is 30.3 Å². The minimum atomic E-state index is -1.03. The summed E-state index contributed by atoms with van der Waals surface area (Å²) in [6, 6.07) is 15.0. The Morgan fingerprint density at radius 2 is 1.86 bits per heavy atom. The normalized spacial score (nSPS) is 15.6. The average molecular weight is 398 g/mol. The van der Waals surface area contributed by atoms with Crippen molar-refractivity contribution in [2.45, 2.75) is 26.0 Å². The van der Waals surface area contributed by atoms with E-state index in [1.54, 1.807) is 24.3 Å². The number of cyclic esters (lactones) is 1. The second-order valence-corrected chi connectivity index (χ2v) is 6.33. The first-order chi connectivity index (χ1) is 14.1. The summed E-state index contributed by atoms with van der Waals surface area (Å²) in [6.07, 6.45) is -0.939. The molecule has 0 aromatic heterocycles. The van der Waals surface area contributed by atoms with Gasteiger partial charge in [0, 0.05) is 5.69 Å². The van der Waals surface area contributed by atoms with Crippen molar-refractivity contribution in [3.8, 4) is 5.75 Å². The number of ether oxygens (including phenoxy) is 3. The highest BCUT2D eigenvalue weighted by Crippen LogP contribution is 2.19. The molecule has 2 aromatic rings. The molecule has 1 heterocycles. The van der Waals surface area contributed by atoms with Crippen LogP contribution in [-0.2, 0) is 25.7 Å². The first-order valence-electron chi connectivity index (χ1n) is 9.23. The third-order valence-electron chi connectivity index (χ3n) is 4.26. The van der Waals surface area contributed by atoms with Crippen LogP contribution in [0.5, 0.6) is 5.75 Å². The van der Waals surface area contributed by atoms with Crippen LogP contribution in [0.2, 0.25) is 0 Å². The lowest BCUT2D eigenvalue weighted by atomic mass is 10.2. The number of anilines is 1. The molecule has 1 aliphatic rings. The Kier molecular flexibility index (Phi) is 6.67. The molecular weight excluding hydrogens is 376 g/mol. The molecule has 1 aliphatic heterocycles. The number of benzene rings is 2. The average Bonchev–Trinajstić information content (AvgIpc) is 3.09. The minimum absolute atomic E-state index is 0.0649. The molecule has 3 rings (SSSR count). The summed E-state index contributed by atoms with van der Waals surface area (Å²) in [6.45, 7) is 2.25. The van der Waals surface area contributed by atoms with Gasteiger partial charge in [-0.15, -0.1) is 0 Å². The third-order valence-corrected chi connectivity index (χ3v) is 4.26. The molecule has 8 nitrogen and oxygen atoms in total. The van der Waals surface area contributed by atoms with Gasteiger partial charge in [-0.25, -0.2) is 9.59 Å². The van der Waals surface area contributed by atoms with Gasteiger partial charge in [-0.05, 0) is 36.8 Å². The van der Waals surface area contributed by atoms with Gasteiger partial charge in [-0.3, -0.25) is 9.69 Å². The molecule has 0 bridgehead atoms. The Balaban J connectivity index is 1.55. The summed E-state index contributed by atoms with van der Waals surface area (Å²) in [5.41, 5.74) is 1.38. The third kappa shape index (κ3) is 5.47. The van der Waals surface area contributed by atoms with Crippen molar-refractivity contribution < 1.29 is 28.6 Å². The van der Waals surface area contributed by atoms with E-state index in [0.29, 0.717) is 18.0 Å². The fourth-order valence-corrected chi connectivity index (χ4v) is 2.81. The molecule has 0 saturated carbocycles. The number of nitrogens with zero attached hydrogens (tertiary/aromatic N) is 1. The number of carbonyl (C=O) groups excluding carboxylic acids is 3. The van der Waals surface area contributed by atoms with Crippen molar-refractivity contribution in [2.24, 2.45) is 0 Å². The zero-order valence-electron chi connectivity index (χ0n) is 16.0. The fraction of sp³-hybridized carbons (Fsp3) is 0.286. The van der Waals surface area contributed by atoms with Crippen LogP contribution in [0.15, 0.2) is 54.6 Å². The second-order valence-electron chi connectivity index (χ2n) is 6.33. The molecule has 2 amide bonds. The molecule has 8 heteroatoms. The van der Waals surface area contributed by atoms with Gasteiger partial charge in [0.05, 0.1) is 13.0 Å². The number of amides is 2. The highest BCUT2D eigenvalue weighted by Gasteiger charge is 2.40. The Bertz CT molecular complexity index is 853. The molecule has 1 saturated heterocycles. The number of rotatable bonds is 7. The maximum atomic E-state index is 12.3. The number of carbonyl (C=O) groups is 3. The van der Waals surface area contributed by atoms with Crippen molar-refractivity contribution in [2.75, 3.05) is 18.7 Å². The summed E-state index contributed by atoms with van der Waals surface area (Å²) in [5.74, 6) is -0.361. The summed E-state index contributed by atoms with van der Waals surface area (Å²) >= 11 is 0. The van der Waals surface area contributed by atoms with E-state index in [4.69, 9.17) is 14.2 Å². The molecule has 2 aromatic carbocycles. The van der Waals surface area contributed by atoms with E-state index in [2.05, 4.69) is 5.32 Å². The molecule has 0 spiro atoms. The second kappa shape index (κ2) is 9.59. The van der Waals surface area contributed by atoms with Gasteiger partial charge in [0.25, 0.3) is 0 Å². The lowest BCUT2D eigenvalue weighted by molar-refractivity contribution is -0.140. The molecular formula is C21H22N2O6. The fourth-order valence-electron chi connectivity index (χ4n) is 2.81. The maximum Gasteiger partial charge on any atom is 0.413 e. The monoisotopic (exact) mass is 398 g/mol. The van der Waals surface area contributed by atoms with E-state index in [-0.39, 0.29) is 19.8 Å². The molecule has 1 fully saturated rings. The van der Waals surface area contributed by atoms with Gasteiger partial charge < -0.3 is 19.5 Å². The Labute approximate surface area is 168 Å². The first kappa shape index (κ1) is 20.2. The van der Waals surface area contributed by atoms with E-state index < -0.39 is 24.0 Å². The lowest BCUT2D eigenvalue weighted by Gasteiger charge is -2.19. The van der Waals surface area contributed by atoms with Gasteiger partial charge in [0.15, 0.2) is 6.73 Å². The number of esters is 1. The zero-order chi connectivity index (χ0) is 20.6. The number of nitrogens with one attached hydrogen (secondary N) is 1. The summed E-state index contributed by atoms with van der Waals surface area (Å²) in [7, 11) is 0. The summed E-state index contributed by atoms with van der Waals surface area (Å²) in [5, 5.41) is 2.69. The summed E-state index contributed by atoms with van der Waals surface area (Å²) in [4.78, 5) is 37.8. The van der Waals surface area contributed by atoms with E-state index in [0.717, 1.165) is 10.5 Å². The van der Waals surface area contributed by atoms with E-state index in [1.807, 2.05) is 37.3 Å². The van der Waals surface area contributed by atoms with Crippen LogP contribution in [0.25, 0.3) is 0 Å². The highest BCUT2D eigenvalue weighted by atomic mass is 16.6. The number of hydrogen-bond acceptors (Lipinski definition) is 6. The molecule has 0 unspecified atom stereocenters. The Morgan fingerprint density at radius 3 is 2.55 bits per heavy atom. The number of hydrogen-bond donors (Lipinski definition) is 1. The van der Waals surface area contributed by atoms with Gasteiger partial charge in [-0.2, -0.15) is 0 Å². The lowest BCUT2D eigenvalue weighted by Crippen LogP contribution is -2.40. The van der Waals surface area contributed by atoms with E-state index in [9.17, 15) is 14.4 Å². The van der Waals surface area contributed by atoms with Crippen molar-refractivity contribution in [1.82, 2.24) is 4.90 Å². The smallest absolute Gasteiger partial charge is 0.413 e. The van der Waals surface area contributed by atoms with Crippen molar-refractivity contribution >= 4 is 23.7 Å². The largest absolute Gasteiger partial charge is 0.494 e. The van der Waals surface area contributed by atoms with Crippen molar-refractivity contribution in [3.63, 3.8) is 0 Å². The minimum Gasteiger partial charge on any atom is -0.494 e. The van der Waals surface area contributed by atoms with Crippen LogP contribution in [0.1, 0.15) is 18.9 Å². The predicted octanol–water partition coefficient (Wildman–Crippen LogP) is 2.94. The van der Waals surface area contributed by atoms with Crippen molar-refractivity contribution in [1.29, 1.82) is 0 Å². The standard InChI is InChI=1S/C21H22N2O6/c1-2-27-17-10-8-16(9-11-17)22-19(24)12-18-20(25)29-14-23(18)21(26)28-13-15-6-4-3-5-7-15/h3-11,18H,2,12-14H2,1H3,(H,22,24)/t18-/m0/s1.